The summed E-state index contributed by atoms with van der Waals surface area (Å²) >= 11 is 0. The summed E-state index contributed by atoms with van der Waals surface area (Å²) < 4.78 is 11.7. The number of hydrogen-bond acceptors (Lipinski definition) is 3. The zero-order chi connectivity index (χ0) is 10.5. The standard InChI is InChI=1S/C7H13NO4/c1-7(2,3)12-6(11)8-4-5(9)10/h4H2,1-3H3,(H,8,11)(H,9,10)/i1D. The second-order valence-electron chi connectivity index (χ2n) is 2.90. The molecule has 5 nitrogen and oxygen atoms in total. The summed E-state index contributed by atoms with van der Waals surface area (Å²) in [6.45, 7) is 2.58. The molecule has 0 aromatic rings. The molecule has 2 N–H and O–H groups in total. The molecule has 70 valence electrons. The average molecular weight is 176 g/mol. The highest BCUT2D eigenvalue weighted by Crippen LogP contribution is 2.05. The van der Waals surface area contributed by atoms with Crippen LogP contribution in [0.1, 0.15) is 22.1 Å². The van der Waals surface area contributed by atoms with Crippen molar-refractivity contribution in [1.82, 2.24) is 5.32 Å². The predicted octanol–water partition coefficient (Wildman–Crippen LogP) is 0.596. The Morgan fingerprint density at radius 2 is 2.25 bits per heavy atom. The highest BCUT2D eigenvalue weighted by molar-refractivity contribution is 5.76. The molecule has 0 fully saturated rings. The minimum atomic E-state index is -1.14. The van der Waals surface area contributed by atoms with Gasteiger partial charge in [0, 0.05) is 1.37 Å². The van der Waals surface area contributed by atoms with Gasteiger partial charge in [-0.15, -0.1) is 0 Å². The molecule has 0 saturated heterocycles. The van der Waals surface area contributed by atoms with Crippen LogP contribution in [0.15, 0.2) is 0 Å². The third-order valence-corrected chi connectivity index (χ3v) is 0.753. The van der Waals surface area contributed by atoms with Crippen molar-refractivity contribution in [1.29, 1.82) is 0 Å². The SMILES string of the molecule is [2H]CC(C)(C)OC(=O)NCC(=O)O. The van der Waals surface area contributed by atoms with E-state index < -0.39 is 24.2 Å². The van der Waals surface area contributed by atoms with Crippen LogP contribution in [0.5, 0.6) is 0 Å². The number of carboxylic acids is 1. The van der Waals surface area contributed by atoms with E-state index >= 15 is 0 Å². The fourth-order valence-electron chi connectivity index (χ4n) is 0.435. The third-order valence-electron chi connectivity index (χ3n) is 0.753. The lowest BCUT2D eigenvalue weighted by Gasteiger charge is -2.19. The zero-order valence-corrected chi connectivity index (χ0v) is 7.09. The summed E-state index contributed by atoms with van der Waals surface area (Å²) in [6, 6.07) is 0. The summed E-state index contributed by atoms with van der Waals surface area (Å²) in [5.74, 6) is -1.14. The Kier molecular flexibility index (Phi) is 2.90. The van der Waals surface area contributed by atoms with E-state index in [4.69, 9.17) is 11.2 Å². The molecule has 12 heavy (non-hydrogen) atoms. The monoisotopic (exact) mass is 176 g/mol. The van der Waals surface area contributed by atoms with Crippen molar-refractivity contribution in [3.8, 4) is 0 Å². The van der Waals surface area contributed by atoms with Crippen LogP contribution < -0.4 is 5.32 Å². The molecular weight excluding hydrogens is 162 g/mol. The molecule has 0 aromatic carbocycles. The lowest BCUT2D eigenvalue weighted by Crippen LogP contribution is -2.35. The van der Waals surface area contributed by atoms with E-state index in [1.54, 1.807) is 13.8 Å². The summed E-state index contributed by atoms with van der Waals surface area (Å²) in [5.41, 5.74) is -0.886. The molecular formula is C7H13NO4. The van der Waals surface area contributed by atoms with Crippen LogP contribution in [0, 0.1) is 0 Å². The van der Waals surface area contributed by atoms with Gasteiger partial charge < -0.3 is 15.2 Å². The van der Waals surface area contributed by atoms with Gasteiger partial charge in [0.1, 0.15) is 12.1 Å². The lowest BCUT2D eigenvalue weighted by atomic mass is 10.2. The van der Waals surface area contributed by atoms with E-state index in [0.29, 0.717) is 0 Å². The van der Waals surface area contributed by atoms with E-state index in [9.17, 15) is 9.59 Å². The van der Waals surface area contributed by atoms with Gasteiger partial charge in [0.15, 0.2) is 0 Å². The molecule has 1 amide bonds. The Hall–Kier alpha value is -1.26. The van der Waals surface area contributed by atoms with Crippen LogP contribution in [-0.2, 0) is 9.53 Å². The van der Waals surface area contributed by atoms with Crippen LogP contribution in [0.3, 0.4) is 0 Å². The minimum Gasteiger partial charge on any atom is -0.480 e. The normalized spacial score (nSPS) is 11.7. The van der Waals surface area contributed by atoms with E-state index in [0.717, 1.165) is 0 Å². The van der Waals surface area contributed by atoms with Gasteiger partial charge in [-0.25, -0.2) is 4.79 Å². The second-order valence-corrected chi connectivity index (χ2v) is 2.90. The second kappa shape index (κ2) is 3.94. The molecule has 0 aromatic heterocycles. The maximum atomic E-state index is 10.8. The van der Waals surface area contributed by atoms with Crippen molar-refractivity contribution in [3.05, 3.63) is 0 Å². The Morgan fingerprint density at radius 3 is 2.67 bits per heavy atom. The Morgan fingerprint density at radius 1 is 1.67 bits per heavy atom. The molecule has 0 bridgehead atoms. The van der Waals surface area contributed by atoms with E-state index in [2.05, 4.69) is 0 Å². The molecule has 0 heterocycles. The smallest absolute Gasteiger partial charge is 0.408 e. The number of aliphatic carboxylic acids is 1. The summed E-state index contributed by atoms with van der Waals surface area (Å²) in [4.78, 5) is 20.9. The van der Waals surface area contributed by atoms with Crippen molar-refractivity contribution in [2.24, 2.45) is 0 Å². The van der Waals surface area contributed by atoms with Gasteiger partial charge in [0.05, 0.1) is 0 Å². The van der Waals surface area contributed by atoms with Crippen molar-refractivity contribution >= 4 is 12.1 Å². The number of amides is 1. The number of carbonyl (C=O) groups excluding carboxylic acids is 1. The number of hydrogen-bond donors (Lipinski definition) is 2. The fourth-order valence-corrected chi connectivity index (χ4v) is 0.435. The number of carbonyl (C=O) groups is 2. The number of ether oxygens (including phenoxy) is 1. The topological polar surface area (TPSA) is 75.6 Å². The van der Waals surface area contributed by atoms with Crippen molar-refractivity contribution in [2.45, 2.75) is 26.3 Å². The maximum Gasteiger partial charge on any atom is 0.408 e. The highest BCUT2D eigenvalue weighted by atomic mass is 16.6. The molecule has 0 unspecified atom stereocenters. The first-order chi connectivity index (χ1) is 5.87. The molecule has 0 saturated carbocycles. The van der Waals surface area contributed by atoms with Gasteiger partial charge in [-0.2, -0.15) is 0 Å². The number of nitrogens with one attached hydrogen (secondary N) is 1. The Balaban J connectivity index is 3.81. The van der Waals surface area contributed by atoms with E-state index in [-0.39, 0.29) is 6.90 Å². The molecule has 0 rings (SSSR count). The van der Waals surface area contributed by atoms with Crippen LogP contribution in [0.2, 0.25) is 0 Å². The van der Waals surface area contributed by atoms with Gasteiger partial charge in [0.2, 0.25) is 0 Å². The first-order valence-electron chi connectivity index (χ1n) is 4.06. The quantitative estimate of drug-likeness (QED) is 0.645. The van der Waals surface area contributed by atoms with Crippen LogP contribution in [0.25, 0.3) is 0 Å². The van der Waals surface area contributed by atoms with Crippen LogP contribution in [0.4, 0.5) is 4.79 Å². The first kappa shape index (κ1) is 8.83. The Labute approximate surface area is 72.1 Å². The number of carboxylic acid groups (broad SMARTS) is 1. The summed E-state index contributed by atoms with van der Waals surface area (Å²) in [7, 11) is 0. The summed E-state index contributed by atoms with van der Waals surface area (Å²) in [5, 5.41) is 10.2. The average Bonchev–Trinajstić information content (AvgIpc) is 2.00. The van der Waals surface area contributed by atoms with Crippen molar-refractivity contribution < 1.29 is 20.8 Å². The summed E-state index contributed by atoms with van der Waals surface area (Å²) in [6.07, 6.45) is -0.820. The maximum absolute atomic E-state index is 10.8. The minimum absolute atomic E-state index is 0.0759. The molecule has 0 aliphatic heterocycles. The molecule has 0 aliphatic carbocycles. The van der Waals surface area contributed by atoms with Crippen LogP contribution >= 0.6 is 0 Å². The van der Waals surface area contributed by atoms with E-state index in [1.165, 1.54) is 0 Å². The number of alkyl carbamates (subject to hydrolysis) is 1. The molecule has 5 heteroatoms. The van der Waals surface area contributed by atoms with Crippen molar-refractivity contribution in [2.75, 3.05) is 6.54 Å². The van der Waals surface area contributed by atoms with Gasteiger partial charge in [-0.3, -0.25) is 4.79 Å². The molecule has 0 atom stereocenters. The zero-order valence-electron chi connectivity index (χ0n) is 8.09. The van der Waals surface area contributed by atoms with Gasteiger partial charge in [0.25, 0.3) is 0 Å². The van der Waals surface area contributed by atoms with E-state index in [1.807, 2.05) is 5.32 Å². The molecule has 0 aliphatic rings. The highest BCUT2D eigenvalue weighted by Gasteiger charge is 2.15. The lowest BCUT2D eigenvalue weighted by molar-refractivity contribution is -0.136. The largest absolute Gasteiger partial charge is 0.480 e. The third kappa shape index (κ3) is 6.85. The van der Waals surface area contributed by atoms with Crippen molar-refractivity contribution in [3.63, 3.8) is 0 Å². The Bertz CT molecular complexity index is 205. The van der Waals surface area contributed by atoms with Gasteiger partial charge in [-0.1, -0.05) is 0 Å². The van der Waals surface area contributed by atoms with Gasteiger partial charge in [-0.05, 0) is 20.7 Å². The van der Waals surface area contributed by atoms with Crippen LogP contribution in [-0.4, -0.2) is 29.3 Å². The molecule has 0 radical (unpaired) electrons. The first-order valence-corrected chi connectivity index (χ1v) is 3.35. The predicted molar refractivity (Wildman–Crippen MR) is 41.9 cm³/mol. The molecule has 0 spiro atoms. The fraction of sp³-hybridized carbons (Fsp3) is 0.714. The number of rotatable bonds is 2. The van der Waals surface area contributed by atoms with Gasteiger partial charge >= 0.3 is 12.1 Å².